The number of carboxylic acid groups (broad SMARTS) is 1. The number of carbonyl (C=O) groups is 1. The van der Waals surface area contributed by atoms with E-state index in [1.807, 2.05) is 36.4 Å². The van der Waals surface area contributed by atoms with Crippen molar-refractivity contribution in [2.75, 3.05) is 7.11 Å². The molecule has 0 saturated carbocycles. The van der Waals surface area contributed by atoms with Crippen molar-refractivity contribution >= 4 is 16.7 Å². The molecule has 2 aromatic rings. The van der Waals surface area contributed by atoms with Gasteiger partial charge in [0.25, 0.3) is 0 Å². The summed E-state index contributed by atoms with van der Waals surface area (Å²) in [6.07, 6.45) is 0.537. The first-order valence-electron chi connectivity index (χ1n) is 6.12. The van der Waals surface area contributed by atoms with Crippen LogP contribution in [0.25, 0.3) is 10.8 Å². The maximum Gasteiger partial charge on any atom is 0.304 e. The van der Waals surface area contributed by atoms with Crippen LogP contribution in [0.1, 0.15) is 12.0 Å². The average Bonchev–Trinajstić information content (AvgIpc) is 2.36. The number of aliphatic carboxylic acids is 1. The van der Waals surface area contributed by atoms with Crippen molar-refractivity contribution in [2.45, 2.75) is 18.9 Å². The second-order valence-electron chi connectivity index (χ2n) is 4.61. The summed E-state index contributed by atoms with van der Waals surface area (Å²) >= 11 is 0. The second kappa shape index (κ2) is 5.71. The fourth-order valence-corrected chi connectivity index (χ4v) is 2.13. The van der Waals surface area contributed by atoms with Gasteiger partial charge < -0.3 is 15.6 Å². The van der Waals surface area contributed by atoms with Gasteiger partial charge in [0.15, 0.2) is 0 Å². The summed E-state index contributed by atoms with van der Waals surface area (Å²) in [5.41, 5.74) is 6.84. The van der Waals surface area contributed by atoms with Crippen LogP contribution in [-0.4, -0.2) is 24.2 Å². The van der Waals surface area contributed by atoms with Gasteiger partial charge in [-0.3, -0.25) is 4.79 Å². The van der Waals surface area contributed by atoms with Crippen molar-refractivity contribution in [3.8, 4) is 5.75 Å². The van der Waals surface area contributed by atoms with Crippen LogP contribution < -0.4 is 10.5 Å². The number of hydrogen-bond acceptors (Lipinski definition) is 3. The van der Waals surface area contributed by atoms with E-state index in [1.165, 1.54) is 0 Å². The van der Waals surface area contributed by atoms with Gasteiger partial charge in [-0.15, -0.1) is 0 Å². The maximum atomic E-state index is 10.6. The number of hydrogen-bond donors (Lipinski definition) is 2. The molecule has 0 fully saturated rings. The zero-order valence-electron chi connectivity index (χ0n) is 10.8. The molecule has 0 radical (unpaired) electrons. The molecule has 0 aromatic heterocycles. The fraction of sp³-hybridized carbons (Fsp3) is 0.267. The van der Waals surface area contributed by atoms with Gasteiger partial charge in [0.05, 0.1) is 13.5 Å². The van der Waals surface area contributed by atoms with Crippen molar-refractivity contribution in [2.24, 2.45) is 5.73 Å². The molecule has 0 bridgehead atoms. The minimum atomic E-state index is -0.866. The number of fused-ring (bicyclic) bond motifs is 1. The minimum Gasteiger partial charge on any atom is -0.497 e. The lowest BCUT2D eigenvalue weighted by molar-refractivity contribution is -0.137. The Balaban J connectivity index is 2.22. The fourth-order valence-electron chi connectivity index (χ4n) is 2.13. The highest BCUT2D eigenvalue weighted by atomic mass is 16.5. The smallest absolute Gasteiger partial charge is 0.304 e. The first-order chi connectivity index (χ1) is 9.08. The predicted molar refractivity (Wildman–Crippen MR) is 74.4 cm³/mol. The Morgan fingerprint density at radius 1 is 1.26 bits per heavy atom. The lowest BCUT2D eigenvalue weighted by atomic mass is 10.0. The Labute approximate surface area is 111 Å². The van der Waals surface area contributed by atoms with Gasteiger partial charge in [-0.2, -0.15) is 0 Å². The third-order valence-electron chi connectivity index (χ3n) is 3.05. The molecule has 0 aliphatic carbocycles. The first kappa shape index (κ1) is 13.4. The highest BCUT2D eigenvalue weighted by Crippen LogP contribution is 2.22. The molecule has 0 aliphatic rings. The van der Waals surface area contributed by atoms with E-state index in [-0.39, 0.29) is 12.5 Å². The van der Waals surface area contributed by atoms with E-state index in [4.69, 9.17) is 15.6 Å². The quantitative estimate of drug-likeness (QED) is 0.863. The molecule has 0 spiro atoms. The second-order valence-corrected chi connectivity index (χ2v) is 4.61. The van der Waals surface area contributed by atoms with Crippen LogP contribution in [0.4, 0.5) is 0 Å². The van der Waals surface area contributed by atoms with E-state index >= 15 is 0 Å². The number of rotatable bonds is 5. The molecule has 1 unspecified atom stereocenters. The van der Waals surface area contributed by atoms with E-state index in [9.17, 15) is 4.79 Å². The lowest BCUT2D eigenvalue weighted by Gasteiger charge is -2.10. The van der Waals surface area contributed by atoms with Crippen molar-refractivity contribution in [3.05, 3.63) is 42.0 Å². The molecule has 3 N–H and O–H groups in total. The number of methoxy groups -OCH3 is 1. The SMILES string of the molecule is COc1ccc2ccc(CC(N)CC(=O)O)cc2c1. The van der Waals surface area contributed by atoms with Crippen LogP contribution in [-0.2, 0) is 11.2 Å². The van der Waals surface area contributed by atoms with Gasteiger partial charge in [-0.05, 0) is 34.9 Å². The number of carboxylic acids is 1. The summed E-state index contributed by atoms with van der Waals surface area (Å²) in [6, 6.07) is 11.5. The molecule has 2 rings (SSSR count). The maximum absolute atomic E-state index is 10.6. The monoisotopic (exact) mass is 259 g/mol. The summed E-state index contributed by atoms with van der Waals surface area (Å²) in [4.78, 5) is 10.6. The molecule has 100 valence electrons. The molecule has 2 aromatic carbocycles. The molecule has 0 amide bonds. The minimum absolute atomic E-state index is 0.0177. The van der Waals surface area contributed by atoms with Crippen molar-refractivity contribution in [3.63, 3.8) is 0 Å². The highest BCUT2D eigenvalue weighted by Gasteiger charge is 2.09. The van der Waals surface area contributed by atoms with E-state index in [0.29, 0.717) is 6.42 Å². The van der Waals surface area contributed by atoms with Crippen molar-refractivity contribution in [1.29, 1.82) is 0 Å². The van der Waals surface area contributed by atoms with Gasteiger partial charge in [0.2, 0.25) is 0 Å². The van der Waals surface area contributed by atoms with E-state index in [1.54, 1.807) is 7.11 Å². The van der Waals surface area contributed by atoms with Crippen LogP contribution in [0.15, 0.2) is 36.4 Å². The molecule has 4 heteroatoms. The van der Waals surface area contributed by atoms with Crippen LogP contribution in [0.2, 0.25) is 0 Å². The molecule has 0 aliphatic heterocycles. The van der Waals surface area contributed by atoms with Crippen molar-refractivity contribution < 1.29 is 14.6 Å². The van der Waals surface area contributed by atoms with E-state index in [2.05, 4.69) is 0 Å². The Morgan fingerprint density at radius 3 is 2.68 bits per heavy atom. The number of nitrogens with two attached hydrogens (primary N) is 1. The molecule has 1 atom stereocenters. The largest absolute Gasteiger partial charge is 0.497 e. The van der Waals surface area contributed by atoms with Gasteiger partial charge in [0, 0.05) is 6.04 Å². The average molecular weight is 259 g/mol. The van der Waals surface area contributed by atoms with Gasteiger partial charge in [0.1, 0.15) is 5.75 Å². The zero-order valence-corrected chi connectivity index (χ0v) is 10.8. The Hall–Kier alpha value is -2.07. The molecule has 0 saturated heterocycles. The highest BCUT2D eigenvalue weighted by molar-refractivity contribution is 5.84. The number of benzene rings is 2. The number of ether oxygens (including phenoxy) is 1. The lowest BCUT2D eigenvalue weighted by Crippen LogP contribution is -2.26. The summed E-state index contributed by atoms with van der Waals surface area (Å²) < 4.78 is 5.19. The zero-order chi connectivity index (χ0) is 13.8. The third-order valence-corrected chi connectivity index (χ3v) is 3.05. The first-order valence-corrected chi connectivity index (χ1v) is 6.12. The van der Waals surface area contributed by atoms with Crippen LogP contribution in [0.5, 0.6) is 5.75 Å². The molecule has 0 heterocycles. The standard InChI is InChI=1S/C15H17NO3/c1-19-14-5-4-11-3-2-10(6-12(11)8-14)7-13(16)9-15(17)18/h2-6,8,13H,7,9,16H2,1H3,(H,17,18). The van der Waals surface area contributed by atoms with Crippen LogP contribution in [0.3, 0.4) is 0 Å². The third kappa shape index (κ3) is 3.45. The van der Waals surface area contributed by atoms with Gasteiger partial charge >= 0.3 is 5.97 Å². The molecular formula is C15H17NO3. The van der Waals surface area contributed by atoms with Gasteiger partial charge in [-0.1, -0.05) is 24.3 Å². The Kier molecular flexibility index (Phi) is 4.02. The molecule has 4 nitrogen and oxygen atoms in total. The predicted octanol–water partition coefficient (Wildman–Crippen LogP) is 2.19. The van der Waals surface area contributed by atoms with E-state index < -0.39 is 5.97 Å². The van der Waals surface area contributed by atoms with Crippen molar-refractivity contribution in [1.82, 2.24) is 0 Å². The molecule has 19 heavy (non-hydrogen) atoms. The summed E-state index contributed by atoms with van der Waals surface area (Å²) in [5.74, 6) is -0.0607. The van der Waals surface area contributed by atoms with Crippen LogP contribution >= 0.6 is 0 Å². The molecular weight excluding hydrogens is 242 g/mol. The summed E-state index contributed by atoms with van der Waals surface area (Å²) in [5, 5.41) is 10.9. The normalized spacial score (nSPS) is 12.3. The Morgan fingerprint density at radius 2 is 2.00 bits per heavy atom. The topological polar surface area (TPSA) is 72.5 Å². The summed E-state index contributed by atoms with van der Waals surface area (Å²) in [6.45, 7) is 0. The van der Waals surface area contributed by atoms with Gasteiger partial charge in [-0.25, -0.2) is 0 Å². The van der Waals surface area contributed by atoms with E-state index in [0.717, 1.165) is 22.1 Å². The Bertz CT molecular complexity index is 595. The summed E-state index contributed by atoms with van der Waals surface area (Å²) in [7, 11) is 1.63. The van der Waals surface area contributed by atoms with Crippen LogP contribution in [0, 0.1) is 0 Å².